The van der Waals surface area contributed by atoms with Crippen molar-refractivity contribution in [2.75, 3.05) is 6.61 Å². The summed E-state index contributed by atoms with van der Waals surface area (Å²) >= 11 is 0. The Kier molecular flexibility index (Phi) is 3.14. The molecule has 2 aliphatic rings. The van der Waals surface area contributed by atoms with E-state index in [4.69, 9.17) is 4.74 Å². The van der Waals surface area contributed by atoms with Gasteiger partial charge < -0.3 is 9.72 Å². The Morgan fingerprint density at radius 1 is 1.55 bits per heavy atom. The zero-order valence-corrected chi connectivity index (χ0v) is 11.1. The van der Waals surface area contributed by atoms with E-state index in [0.717, 1.165) is 18.6 Å². The van der Waals surface area contributed by atoms with E-state index in [0.29, 0.717) is 29.4 Å². The number of hydrogen-bond acceptors (Lipinski definition) is 4. The molecule has 0 atom stereocenters. The summed E-state index contributed by atoms with van der Waals surface area (Å²) in [5, 5.41) is 4.07. The van der Waals surface area contributed by atoms with Crippen LogP contribution in [0, 0.1) is 5.92 Å². The second-order valence-corrected chi connectivity index (χ2v) is 4.83. The summed E-state index contributed by atoms with van der Waals surface area (Å²) in [7, 11) is 0. The quantitative estimate of drug-likeness (QED) is 0.643. The topological polar surface area (TPSA) is 83.5 Å². The van der Waals surface area contributed by atoms with Gasteiger partial charge in [0.15, 0.2) is 0 Å². The molecule has 1 aromatic rings. The molecule has 1 fully saturated rings. The first kappa shape index (κ1) is 12.7. The summed E-state index contributed by atoms with van der Waals surface area (Å²) in [5.41, 5.74) is 5.02. The Labute approximate surface area is 115 Å². The summed E-state index contributed by atoms with van der Waals surface area (Å²) < 4.78 is 4.92. The Morgan fingerprint density at radius 2 is 2.35 bits per heavy atom. The van der Waals surface area contributed by atoms with Crippen LogP contribution in [0.3, 0.4) is 0 Å². The predicted molar refractivity (Wildman–Crippen MR) is 73.0 cm³/mol. The van der Waals surface area contributed by atoms with E-state index in [1.807, 2.05) is 0 Å². The van der Waals surface area contributed by atoms with Crippen LogP contribution in [0.25, 0.3) is 6.08 Å². The molecule has 0 bridgehead atoms. The average molecular weight is 273 g/mol. The van der Waals surface area contributed by atoms with Crippen LogP contribution in [0.5, 0.6) is 0 Å². The maximum absolute atomic E-state index is 11.8. The Bertz CT molecular complexity index is 623. The van der Waals surface area contributed by atoms with E-state index >= 15 is 0 Å². The van der Waals surface area contributed by atoms with Crippen LogP contribution >= 0.6 is 0 Å². The highest BCUT2D eigenvalue weighted by Gasteiger charge is 2.35. The van der Waals surface area contributed by atoms with Crippen LogP contribution < -0.4 is 5.43 Å². The van der Waals surface area contributed by atoms with Gasteiger partial charge in [0.1, 0.15) is 0 Å². The maximum Gasteiger partial charge on any atom is 0.339 e. The molecular formula is C14H15N3O3. The molecule has 1 saturated carbocycles. The number of esters is 1. The van der Waals surface area contributed by atoms with E-state index in [9.17, 15) is 9.59 Å². The van der Waals surface area contributed by atoms with E-state index in [1.165, 1.54) is 0 Å². The zero-order valence-electron chi connectivity index (χ0n) is 11.1. The number of carbonyl (C=O) groups is 2. The van der Waals surface area contributed by atoms with Crippen molar-refractivity contribution in [3.05, 3.63) is 29.1 Å². The van der Waals surface area contributed by atoms with Crippen molar-refractivity contribution in [2.24, 2.45) is 11.0 Å². The van der Waals surface area contributed by atoms with E-state index in [-0.39, 0.29) is 11.9 Å². The summed E-state index contributed by atoms with van der Waals surface area (Å²) in [4.78, 5) is 26.3. The first-order valence-electron chi connectivity index (χ1n) is 6.64. The zero-order chi connectivity index (χ0) is 14.1. The van der Waals surface area contributed by atoms with Gasteiger partial charge in [-0.05, 0) is 31.9 Å². The third-order valence-electron chi connectivity index (χ3n) is 3.28. The van der Waals surface area contributed by atoms with Gasteiger partial charge in [0, 0.05) is 17.8 Å². The van der Waals surface area contributed by atoms with Crippen molar-refractivity contribution < 1.29 is 14.3 Å². The Morgan fingerprint density at radius 3 is 3.05 bits per heavy atom. The standard InChI is InChI=1S/C14H15N3O3/c1-2-20-14(19)9-5-10(15-7-9)6-11-12(8-3-4-8)16-17-13(11)18/h5-8,15H,2-4H2,1H3,(H,17,18). The van der Waals surface area contributed by atoms with Crippen molar-refractivity contribution in [3.63, 3.8) is 0 Å². The second kappa shape index (κ2) is 4.96. The lowest BCUT2D eigenvalue weighted by molar-refractivity contribution is -0.116. The minimum absolute atomic E-state index is 0.195. The highest BCUT2D eigenvalue weighted by molar-refractivity contribution is 6.28. The average Bonchev–Trinajstić information content (AvgIpc) is 3.05. The number of hydrogen-bond donors (Lipinski definition) is 2. The molecule has 0 spiro atoms. The van der Waals surface area contributed by atoms with Crippen molar-refractivity contribution in [1.82, 2.24) is 10.4 Å². The van der Waals surface area contributed by atoms with Crippen LogP contribution in [0.4, 0.5) is 0 Å². The largest absolute Gasteiger partial charge is 0.462 e. The molecule has 3 rings (SSSR count). The monoisotopic (exact) mass is 273 g/mol. The number of aromatic nitrogens is 1. The molecule has 0 aromatic carbocycles. The normalized spacial score (nSPS) is 19.9. The van der Waals surface area contributed by atoms with E-state index in [1.54, 1.807) is 25.3 Å². The van der Waals surface area contributed by atoms with Gasteiger partial charge in [-0.2, -0.15) is 5.10 Å². The van der Waals surface area contributed by atoms with Crippen LogP contribution in [0.1, 0.15) is 35.8 Å². The first-order valence-corrected chi connectivity index (χ1v) is 6.64. The second-order valence-electron chi connectivity index (χ2n) is 4.83. The third kappa shape index (κ3) is 2.36. The minimum Gasteiger partial charge on any atom is -0.462 e. The van der Waals surface area contributed by atoms with E-state index < -0.39 is 0 Å². The lowest BCUT2D eigenvalue weighted by Crippen LogP contribution is -2.13. The van der Waals surface area contributed by atoms with Crippen LogP contribution in [0.2, 0.25) is 0 Å². The molecule has 6 heteroatoms. The molecule has 1 amide bonds. The fourth-order valence-electron chi connectivity index (χ4n) is 2.14. The van der Waals surface area contributed by atoms with Crippen LogP contribution in [-0.2, 0) is 9.53 Å². The summed E-state index contributed by atoms with van der Waals surface area (Å²) in [6, 6.07) is 1.67. The van der Waals surface area contributed by atoms with Gasteiger partial charge in [0.25, 0.3) is 5.91 Å². The van der Waals surface area contributed by atoms with Gasteiger partial charge >= 0.3 is 5.97 Å². The van der Waals surface area contributed by atoms with Gasteiger partial charge in [0.2, 0.25) is 0 Å². The number of carbonyl (C=O) groups excluding carboxylic acids is 2. The number of nitrogens with zero attached hydrogens (tertiary/aromatic N) is 1. The number of nitrogens with one attached hydrogen (secondary N) is 2. The van der Waals surface area contributed by atoms with Crippen molar-refractivity contribution >= 4 is 23.7 Å². The SMILES string of the molecule is CCOC(=O)c1c[nH]c(C=C2C(=O)NN=C2C2CC2)c1. The molecular weight excluding hydrogens is 258 g/mol. The number of rotatable bonds is 4. The molecule has 104 valence electrons. The number of H-pyrrole nitrogens is 1. The first-order chi connectivity index (χ1) is 9.69. The summed E-state index contributed by atoms with van der Waals surface area (Å²) in [6.45, 7) is 2.09. The van der Waals surface area contributed by atoms with E-state index in [2.05, 4.69) is 15.5 Å². The molecule has 1 aromatic heterocycles. The number of aromatic amines is 1. The van der Waals surface area contributed by atoms with Gasteiger partial charge in [-0.15, -0.1) is 0 Å². The van der Waals surface area contributed by atoms with Crippen molar-refractivity contribution in [3.8, 4) is 0 Å². The van der Waals surface area contributed by atoms with Crippen molar-refractivity contribution in [1.29, 1.82) is 0 Å². The molecule has 2 heterocycles. The number of hydrazone groups is 1. The van der Waals surface area contributed by atoms with Gasteiger partial charge in [-0.1, -0.05) is 0 Å². The Balaban J connectivity index is 1.82. The number of amides is 1. The molecule has 1 aliphatic heterocycles. The lowest BCUT2D eigenvalue weighted by Gasteiger charge is -1.97. The van der Waals surface area contributed by atoms with Gasteiger partial charge in [0.05, 0.1) is 23.5 Å². The van der Waals surface area contributed by atoms with Crippen molar-refractivity contribution in [2.45, 2.75) is 19.8 Å². The van der Waals surface area contributed by atoms with Gasteiger partial charge in [-0.3, -0.25) is 4.79 Å². The lowest BCUT2D eigenvalue weighted by atomic mass is 10.1. The summed E-state index contributed by atoms with van der Waals surface area (Å²) in [5.74, 6) is -0.181. The molecule has 0 unspecified atom stereocenters. The molecule has 1 aliphatic carbocycles. The minimum atomic E-state index is -0.375. The van der Waals surface area contributed by atoms with Crippen LogP contribution in [0.15, 0.2) is 22.9 Å². The summed E-state index contributed by atoms with van der Waals surface area (Å²) in [6.07, 6.45) is 5.45. The third-order valence-corrected chi connectivity index (χ3v) is 3.28. The number of ether oxygens (including phenoxy) is 1. The smallest absolute Gasteiger partial charge is 0.339 e. The van der Waals surface area contributed by atoms with Crippen LogP contribution in [-0.4, -0.2) is 29.2 Å². The fraction of sp³-hybridized carbons (Fsp3) is 0.357. The molecule has 0 saturated heterocycles. The fourth-order valence-corrected chi connectivity index (χ4v) is 2.14. The molecule has 0 radical (unpaired) electrons. The molecule has 2 N–H and O–H groups in total. The Hall–Kier alpha value is -2.37. The predicted octanol–water partition coefficient (Wildman–Crippen LogP) is 1.47. The molecule has 20 heavy (non-hydrogen) atoms. The highest BCUT2D eigenvalue weighted by Crippen LogP contribution is 2.35. The maximum atomic E-state index is 11.8. The highest BCUT2D eigenvalue weighted by atomic mass is 16.5. The van der Waals surface area contributed by atoms with Gasteiger partial charge in [-0.25, -0.2) is 10.2 Å². The molecule has 6 nitrogen and oxygen atoms in total.